The van der Waals surface area contributed by atoms with Gasteiger partial charge < -0.3 is 15.8 Å². The Labute approximate surface area is 190 Å². The Kier molecular flexibility index (Phi) is 5.88. The number of pyridine rings is 1. The lowest BCUT2D eigenvalue weighted by molar-refractivity contribution is 0.227. The molecule has 2 aromatic heterocycles. The highest BCUT2D eigenvalue weighted by atomic mass is 35.5. The van der Waals surface area contributed by atoms with Crippen LogP contribution in [0.4, 0.5) is 10.2 Å². The van der Waals surface area contributed by atoms with Crippen LogP contribution in [0.3, 0.4) is 0 Å². The fourth-order valence-corrected chi connectivity index (χ4v) is 4.11. The van der Waals surface area contributed by atoms with E-state index in [2.05, 4.69) is 15.4 Å². The molecule has 4 N–H and O–H groups in total. The van der Waals surface area contributed by atoms with Gasteiger partial charge in [0, 0.05) is 65.9 Å². The number of fused-ring (bicyclic) bond motifs is 5. The van der Waals surface area contributed by atoms with Crippen LogP contribution in [0.25, 0.3) is 17.0 Å². The molecule has 7 nitrogen and oxygen atoms in total. The molecule has 2 bridgehead atoms. The average Bonchev–Trinajstić information content (AvgIpc) is 3.11. The summed E-state index contributed by atoms with van der Waals surface area (Å²) in [6.45, 7) is 4.41. The third kappa shape index (κ3) is 4.05. The van der Waals surface area contributed by atoms with Gasteiger partial charge in [0.2, 0.25) is 0 Å². The number of rotatable bonds is 3. The number of nitrogen functional groups attached to an aromatic ring is 1. The number of hydrogen-bond donors (Lipinski definition) is 3. The van der Waals surface area contributed by atoms with E-state index >= 15 is 0 Å². The van der Waals surface area contributed by atoms with Crippen molar-refractivity contribution in [1.82, 2.24) is 20.1 Å². The molecular weight excluding hydrogens is 431 g/mol. The number of benzene rings is 1. The summed E-state index contributed by atoms with van der Waals surface area (Å²) in [7, 11) is 1.82. The summed E-state index contributed by atoms with van der Waals surface area (Å²) in [6.07, 6.45) is 3.33. The first-order chi connectivity index (χ1) is 15.3. The first kappa shape index (κ1) is 21.8. The van der Waals surface area contributed by atoms with Crippen molar-refractivity contribution in [2.45, 2.75) is 26.4 Å². The van der Waals surface area contributed by atoms with E-state index in [1.54, 1.807) is 23.0 Å². The van der Waals surface area contributed by atoms with Gasteiger partial charge in [-0.25, -0.2) is 9.37 Å². The van der Waals surface area contributed by atoms with Crippen molar-refractivity contribution in [1.29, 1.82) is 5.41 Å². The van der Waals surface area contributed by atoms with Gasteiger partial charge in [0.15, 0.2) is 11.6 Å². The quantitative estimate of drug-likeness (QED) is 0.508. The summed E-state index contributed by atoms with van der Waals surface area (Å²) in [5.74, 6) is 0.205. The number of hydrogen-bond acceptors (Lipinski definition) is 6. The van der Waals surface area contributed by atoms with Gasteiger partial charge in [-0.05, 0) is 38.1 Å². The highest BCUT2D eigenvalue weighted by Crippen LogP contribution is 2.37. The molecule has 1 atom stereocenters. The number of nitrogens with two attached hydrogens (primary N) is 1. The Morgan fingerprint density at radius 2 is 2.19 bits per heavy atom. The lowest BCUT2D eigenvalue weighted by Gasteiger charge is -2.22. The van der Waals surface area contributed by atoms with Crippen molar-refractivity contribution < 1.29 is 9.13 Å². The molecule has 0 amide bonds. The fraction of sp³-hybridized carbons (Fsp3) is 0.261. The van der Waals surface area contributed by atoms with Crippen LogP contribution in [0, 0.1) is 11.2 Å². The molecule has 32 heavy (non-hydrogen) atoms. The largest absolute Gasteiger partial charge is 0.482 e. The molecule has 0 radical (unpaired) electrons. The van der Waals surface area contributed by atoms with Crippen LogP contribution in [0.2, 0.25) is 0 Å². The molecule has 4 rings (SSSR count). The molecule has 9 heteroatoms. The molecule has 0 saturated heterocycles. The Balaban J connectivity index is 2.05. The second kappa shape index (κ2) is 8.63. The van der Waals surface area contributed by atoms with Crippen LogP contribution in [0.1, 0.15) is 36.6 Å². The second-order valence-corrected chi connectivity index (χ2v) is 8.03. The van der Waals surface area contributed by atoms with Crippen molar-refractivity contribution in [3.63, 3.8) is 0 Å². The highest BCUT2D eigenvalue weighted by molar-refractivity contribution is 6.69. The van der Waals surface area contributed by atoms with Crippen molar-refractivity contribution in [3.8, 4) is 17.0 Å². The third-order valence-corrected chi connectivity index (χ3v) is 5.60. The molecule has 3 aromatic rings. The van der Waals surface area contributed by atoms with E-state index in [0.717, 1.165) is 11.1 Å². The number of aryl methyl sites for hydroxylation is 1. The standard InChI is InChI=1S/C23H24ClFN6O/c1-4-28-20-13-8-19(23(27)29-10-13)32-12(2)17-9-15(25)5-6-16(17)21-14(11-31(3)30-21)7-18(20)22(24)26/h5-6,8-12,26,28H,4,7H2,1-3H3,(H2,27,29)/b20-18-,26-22?/t12-/m1/s1. The fourth-order valence-electron chi connectivity index (χ4n) is 3.95. The van der Waals surface area contributed by atoms with Gasteiger partial charge in [-0.15, -0.1) is 0 Å². The predicted molar refractivity (Wildman–Crippen MR) is 124 cm³/mol. The van der Waals surface area contributed by atoms with E-state index < -0.39 is 6.10 Å². The van der Waals surface area contributed by atoms with Crippen LogP contribution in [-0.2, 0) is 13.5 Å². The minimum absolute atomic E-state index is 0.0974. The van der Waals surface area contributed by atoms with Crippen LogP contribution >= 0.6 is 11.6 Å². The van der Waals surface area contributed by atoms with Crippen LogP contribution in [-0.4, -0.2) is 26.5 Å². The number of allylic oxidation sites excluding steroid dienone is 1. The van der Waals surface area contributed by atoms with Crippen molar-refractivity contribution >= 4 is 28.3 Å². The summed E-state index contributed by atoms with van der Waals surface area (Å²) in [5.41, 5.74) is 10.9. The summed E-state index contributed by atoms with van der Waals surface area (Å²) in [6, 6.07) is 6.31. The SMILES string of the molecule is CCN/C1=C(\C(=N)Cl)Cc2cn(C)nc2-c2ccc(F)cc2[C@@H](C)Oc2cc1cnc2N. The highest BCUT2D eigenvalue weighted by Gasteiger charge is 2.24. The van der Waals surface area contributed by atoms with Crippen molar-refractivity contribution in [2.75, 3.05) is 12.3 Å². The number of ether oxygens (including phenoxy) is 1. The maximum absolute atomic E-state index is 14.2. The van der Waals surface area contributed by atoms with Gasteiger partial charge >= 0.3 is 0 Å². The van der Waals surface area contributed by atoms with E-state index in [1.807, 2.05) is 27.1 Å². The summed E-state index contributed by atoms with van der Waals surface area (Å²) in [4.78, 5) is 4.29. The number of anilines is 1. The summed E-state index contributed by atoms with van der Waals surface area (Å²) >= 11 is 6.27. The number of halogens is 2. The summed E-state index contributed by atoms with van der Waals surface area (Å²) < 4.78 is 22.1. The molecular formula is C23H24ClFN6O. The Morgan fingerprint density at radius 1 is 1.41 bits per heavy atom. The van der Waals surface area contributed by atoms with E-state index in [-0.39, 0.29) is 16.8 Å². The number of aromatic nitrogens is 3. The first-order valence-corrected chi connectivity index (χ1v) is 10.6. The molecule has 1 aliphatic rings. The molecule has 3 heterocycles. The Morgan fingerprint density at radius 3 is 2.91 bits per heavy atom. The summed E-state index contributed by atoms with van der Waals surface area (Å²) in [5, 5.41) is 16.1. The molecule has 0 unspecified atom stereocenters. The monoisotopic (exact) mass is 454 g/mol. The van der Waals surface area contributed by atoms with Crippen LogP contribution in [0.5, 0.6) is 5.75 Å². The lowest BCUT2D eigenvalue weighted by Crippen LogP contribution is -2.18. The van der Waals surface area contributed by atoms with Crippen LogP contribution < -0.4 is 15.8 Å². The minimum Gasteiger partial charge on any atom is -0.482 e. The number of nitrogens with zero attached hydrogens (tertiary/aromatic N) is 3. The Hall–Kier alpha value is -3.39. The second-order valence-electron chi connectivity index (χ2n) is 7.65. The zero-order valence-corrected chi connectivity index (χ0v) is 18.8. The predicted octanol–water partition coefficient (Wildman–Crippen LogP) is 4.44. The van der Waals surface area contributed by atoms with E-state index in [9.17, 15) is 4.39 Å². The third-order valence-electron chi connectivity index (χ3n) is 5.37. The normalized spacial score (nSPS) is 18.0. The van der Waals surface area contributed by atoms with E-state index in [1.165, 1.54) is 12.1 Å². The van der Waals surface area contributed by atoms with Gasteiger partial charge in [-0.1, -0.05) is 11.6 Å². The lowest BCUT2D eigenvalue weighted by atomic mass is 9.94. The van der Waals surface area contributed by atoms with Gasteiger partial charge in [0.05, 0.1) is 5.69 Å². The molecule has 0 spiro atoms. The van der Waals surface area contributed by atoms with E-state index in [4.69, 9.17) is 27.5 Å². The number of nitrogens with one attached hydrogen (secondary N) is 2. The molecule has 0 saturated carbocycles. The maximum atomic E-state index is 14.2. The zero-order chi connectivity index (χ0) is 23.0. The van der Waals surface area contributed by atoms with Gasteiger partial charge in [0.1, 0.15) is 17.1 Å². The Bertz CT molecular complexity index is 1240. The molecule has 1 aliphatic heterocycles. The zero-order valence-electron chi connectivity index (χ0n) is 18.0. The first-order valence-electron chi connectivity index (χ1n) is 10.2. The van der Waals surface area contributed by atoms with Crippen molar-refractivity contribution in [2.24, 2.45) is 7.05 Å². The molecule has 0 fully saturated rings. The molecule has 1 aromatic carbocycles. The molecule has 166 valence electrons. The van der Waals surface area contributed by atoms with Gasteiger partial charge in [-0.3, -0.25) is 10.1 Å². The van der Waals surface area contributed by atoms with Gasteiger partial charge in [0.25, 0.3) is 0 Å². The smallest absolute Gasteiger partial charge is 0.166 e. The van der Waals surface area contributed by atoms with Gasteiger partial charge in [-0.2, -0.15) is 5.10 Å². The van der Waals surface area contributed by atoms with Crippen molar-refractivity contribution in [3.05, 3.63) is 64.7 Å². The minimum atomic E-state index is -0.522. The topological polar surface area (TPSA) is 102 Å². The molecule has 0 aliphatic carbocycles. The van der Waals surface area contributed by atoms with Crippen LogP contribution in [0.15, 0.2) is 42.2 Å². The van der Waals surface area contributed by atoms with E-state index in [0.29, 0.717) is 46.8 Å². The average molecular weight is 455 g/mol. The maximum Gasteiger partial charge on any atom is 0.166 e.